The van der Waals surface area contributed by atoms with Gasteiger partial charge in [-0.3, -0.25) is 4.90 Å². The molecule has 5 rings (SSSR count). The van der Waals surface area contributed by atoms with Crippen molar-refractivity contribution >= 4 is 44.1 Å². The van der Waals surface area contributed by atoms with Crippen molar-refractivity contribution in [3.05, 3.63) is 58.6 Å². The van der Waals surface area contributed by atoms with Crippen LogP contribution in [0.3, 0.4) is 0 Å². The van der Waals surface area contributed by atoms with E-state index >= 15 is 0 Å². The number of hydrogen-bond donors (Lipinski definition) is 1. The second kappa shape index (κ2) is 7.48. The van der Waals surface area contributed by atoms with E-state index in [2.05, 4.69) is 42.7 Å². The van der Waals surface area contributed by atoms with Gasteiger partial charge in [-0.2, -0.15) is 4.52 Å². The van der Waals surface area contributed by atoms with E-state index < -0.39 is 0 Å². The second-order valence-electron chi connectivity index (χ2n) is 7.61. The SMILES string of the molecule is C[C@@H]1CN(c2ccc(F)cc2)CCN1Cc1nc2c3cccc(Br)c3nc(N)n2n1. The van der Waals surface area contributed by atoms with Crippen LogP contribution < -0.4 is 10.6 Å². The van der Waals surface area contributed by atoms with Gasteiger partial charge in [0, 0.05) is 41.2 Å². The minimum absolute atomic E-state index is 0.211. The van der Waals surface area contributed by atoms with Crippen LogP contribution >= 0.6 is 15.9 Å². The maximum atomic E-state index is 13.2. The molecule has 1 fully saturated rings. The number of benzene rings is 2. The molecule has 2 aromatic heterocycles. The van der Waals surface area contributed by atoms with E-state index in [1.54, 1.807) is 4.52 Å². The summed E-state index contributed by atoms with van der Waals surface area (Å²) >= 11 is 3.53. The number of nitrogens with two attached hydrogens (primary N) is 1. The first-order chi connectivity index (χ1) is 14.5. The van der Waals surface area contributed by atoms with Gasteiger partial charge in [-0.25, -0.2) is 14.4 Å². The first-order valence-electron chi connectivity index (χ1n) is 9.83. The van der Waals surface area contributed by atoms with Gasteiger partial charge in [0.15, 0.2) is 11.5 Å². The van der Waals surface area contributed by atoms with Gasteiger partial charge in [0.05, 0.1) is 12.1 Å². The first kappa shape index (κ1) is 19.2. The van der Waals surface area contributed by atoms with E-state index in [0.717, 1.165) is 46.5 Å². The van der Waals surface area contributed by atoms with Crippen LogP contribution in [0, 0.1) is 5.82 Å². The maximum absolute atomic E-state index is 13.2. The summed E-state index contributed by atoms with van der Waals surface area (Å²) in [6, 6.07) is 12.9. The van der Waals surface area contributed by atoms with Crippen molar-refractivity contribution in [2.75, 3.05) is 30.3 Å². The summed E-state index contributed by atoms with van der Waals surface area (Å²) in [7, 11) is 0. The van der Waals surface area contributed by atoms with Crippen molar-refractivity contribution < 1.29 is 4.39 Å². The minimum atomic E-state index is -0.211. The van der Waals surface area contributed by atoms with Crippen LogP contribution in [0.4, 0.5) is 16.0 Å². The van der Waals surface area contributed by atoms with Crippen LogP contribution in [-0.4, -0.2) is 50.2 Å². The summed E-state index contributed by atoms with van der Waals surface area (Å²) in [5.74, 6) is 0.826. The van der Waals surface area contributed by atoms with E-state index in [4.69, 9.17) is 10.7 Å². The Morgan fingerprint density at radius 3 is 2.70 bits per heavy atom. The molecule has 0 amide bonds. The number of para-hydroxylation sites is 1. The lowest BCUT2D eigenvalue weighted by Crippen LogP contribution is -2.51. The van der Waals surface area contributed by atoms with E-state index in [9.17, 15) is 4.39 Å². The van der Waals surface area contributed by atoms with Crippen LogP contribution in [0.25, 0.3) is 16.6 Å². The lowest BCUT2D eigenvalue weighted by atomic mass is 10.1. The summed E-state index contributed by atoms with van der Waals surface area (Å²) in [4.78, 5) is 13.9. The zero-order chi connectivity index (χ0) is 20.8. The number of halogens is 2. The van der Waals surface area contributed by atoms with Crippen molar-refractivity contribution in [3.63, 3.8) is 0 Å². The van der Waals surface area contributed by atoms with Gasteiger partial charge in [0.2, 0.25) is 5.95 Å². The quantitative estimate of drug-likeness (QED) is 0.494. The van der Waals surface area contributed by atoms with Crippen LogP contribution in [0.15, 0.2) is 46.9 Å². The van der Waals surface area contributed by atoms with Gasteiger partial charge in [0.25, 0.3) is 0 Å². The van der Waals surface area contributed by atoms with Gasteiger partial charge in [-0.1, -0.05) is 6.07 Å². The van der Waals surface area contributed by atoms with Crippen LogP contribution in [-0.2, 0) is 6.54 Å². The van der Waals surface area contributed by atoms with E-state index in [1.165, 1.54) is 12.1 Å². The molecule has 154 valence electrons. The minimum Gasteiger partial charge on any atom is -0.369 e. The van der Waals surface area contributed by atoms with Crippen molar-refractivity contribution in [2.45, 2.75) is 19.5 Å². The van der Waals surface area contributed by atoms with Crippen LogP contribution in [0.2, 0.25) is 0 Å². The Hall–Kier alpha value is -2.78. The molecule has 0 bridgehead atoms. The predicted octanol–water partition coefficient (Wildman–Crippen LogP) is 3.47. The lowest BCUT2D eigenvalue weighted by molar-refractivity contribution is 0.177. The topological polar surface area (TPSA) is 75.6 Å². The molecule has 1 atom stereocenters. The normalized spacial score (nSPS) is 17.8. The fourth-order valence-corrected chi connectivity index (χ4v) is 4.48. The Balaban J connectivity index is 1.38. The first-order valence-corrected chi connectivity index (χ1v) is 10.6. The van der Waals surface area contributed by atoms with Crippen molar-refractivity contribution in [1.82, 2.24) is 24.5 Å². The number of nitrogens with zero attached hydrogens (tertiary/aromatic N) is 6. The van der Waals surface area contributed by atoms with Gasteiger partial charge in [-0.15, -0.1) is 5.10 Å². The van der Waals surface area contributed by atoms with Gasteiger partial charge >= 0.3 is 0 Å². The molecule has 0 unspecified atom stereocenters. The molecule has 30 heavy (non-hydrogen) atoms. The van der Waals surface area contributed by atoms with Gasteiger partial charge < -0.3 is 10.6 Å². The highest BCUT2D eigenvalue weighted by Crippen LogP contribution is 2.26. The van der Waals surface area contributed by atoms with Crippen molar-refractivity contribution in [3.8, 4) is 0 Å². The number of anilines is 2. The molecule has 3 heterocycles. The molecular weight excluding hydrogens is 449 g/mol. The molecule has 4 aromatic rings. The lowest BCUT2D eigenvalue weighted by Gasteiger charge is -2.40. The Morgan fingerprint density at radius 1 is 1.13 bits per heavy atom. The number of aromatic nitrogens is 4. The molecule has 1 saturated heterocycles. The van der Waals surface area contributed by atoms with Crippen molar-refractivity contribution in [2.24, 2.45) is 0 Å². The van der Waals surface area contributed by atoms with Gasteiger partial charge in [-0.05, 0) is 59.3 Å². The third-order valence-electron chi connectivity index (χ3n) is 5.62. The summed E-state index contributed by atoms with van der Waals surface area (Å²) in [6.45, 7) is 5.42. The molecule has 0 saturated carbocycles. The third-order valence-corrected chi connectivity index (χ3v) is 6.26. The molecule has 1 aliphatic rings. The predicted molar refractivity (Wildman–Crippen MR) is 119 cm³/mol. The molecule has 1 aliphatic heterocycles. The van der Waals surface area contributed by atoms with E-state index in [1.807, 2.05) is 30.3 Å². The zero-order valence-electron chi connectivity index (χ0n) is 16.5. The highest BCUT2D eigenvalue weighted by Gasteiger charge is 2.25. The molecule has 0 radical (unpaired) electrons. The molecule has 7 nitrogen and oxygen atoms in total. The molecular formula is C21H21BrFN7. The highest BCUT2D eigenvalue weighted by molar-refractivity contribution is 9.10. The fourth-order valence-electron chi connectivity index (χ4n) is 4.03. The fraction of sp³-hybridized carbons (Fsp3) is 0.286. The van der Waals surface area contributed by atoms with E-state index in [0.29, 0.717) is 24.2 Å². The highest BCUT2D eigenvalue weighted by atomic mass is 79.9. The monoisotopic (exact) mass is 469 g/mol. The summed E-state index contributed by atoms with van der Waals surface area (Å²) in [6.07, 6.45) is 0. The molecule has 9 heteroatoms. The van der Waals surface area contributed by atoms with Crippen LogP contribution in [0.5, 0.6) is 0 Å². The smallest absolute Gasteiger partial charge is 0.223 e. The third kappa shape index (κ3) is 3.37. The summed E-state index contributed by atoms with van der Waals surface area (Å²) in [5.41, 5.74) is 8.68. The molecule has 0 aliphatic carbocycles. The largest absolute Gasteiger partial charge is 0.369 e. The average Bonchev–Trinajstić information content (AvgIpc) is 3.16. The Labute approximate surface area is 181 Å². The molecule has 0 spiro atoms. The average molecular weight is 470 g/mol. The summed E-state index contributed by atoms with van der Waals surface area (Å²) in [5, 5.41) is 5.52. The second-order valence-corrected chi connectivity index (χ2v) is 8.47. The molecule has 2 aromatic carbocycles. The Bertz CT molecular complexity index is 1220. The number of piperazine rings is 1. The number of nitrogen functional groups attached to an aromatic ring is 1. The van der Waals surface area contributed by atoms with Gasteiger partial charge in [0.1, 0.15) is 5.82 Å². The summed E-state index contributed by atoms with van der Waals surface area (Å²) < 4.78 is 15.7. The number of hydrogen-bond acceptors (Lipinski definition) is 6. The van der Waals surface area contributed by atoms with Crippen molar-refractivity contribution in [1.29, 1.82) is 0 Å². The number of rotatable bonds is 3. The van der Waals surface area contributed by atoms with Crippen LogP contribution in [0.1, 0.15) is 12.7 Å². The zero-order valence-corrected chi connectivity index (χ0v) is 18.0. The van der Waals surface area contributed by atoms with E-state index in [-0.39, 0.29) is 5.82 Å². The molecule has 2 N–H and O–H groups in total. The Morgan fingerprint density at radius 2 is 1.93 bits per heavy atom. The standard InChI is InChI=1S/C21H21BrFN7/c1-13-11-29(15-7-5-14(23)6-8-15)10-9-28(13)12-18-25-20-16-3-2-4-17(22)19(16)26-21(24)30(20)27-18/h2-8,13H,9-12H2,1H3,(H2,24,26)/t13-/m1/s1. The number of fused-ring (bicyclic) bond motifs is 3. The Kier molecular flexibility index (Phi) is 4.79. The maximum Gasteiger partial charge on any atom is 0.223 e.